The molecule has 0 aliphatic heterocycles. The van der Waals surface area contributed by atoms with Gasteiger partial charge in [-0.3, -0.25) is 0 Å². The van der Waals surface area contributed by atoms with Crippen LogP contribution in [0.25, 0.3) is 0 Å². The van der Waals surface area contributed by atoms with Gasteiger partial charge in [-0.25, -0.2) is 17.8 Å². The monoisotopic (exact) mass is 344 g/mol. The van der Waals surface area contributed by atoms with Crippen LogP contribution in [0.2, 0.25) is 0 Å². The lowest BCUT2D eigenvalue weighted by atomic mass is 10.2. The van der Waals surface area contributed by atoms with Crippen LogP contribution in [0.1, 0.15) is 5.56 Å². The predicted molar refractivity (Wildman–Crippen MR) is 73.6 cm³/mol. The van der Waals surface area contributed by atoms with Crippen molar-refractivity contribution in [1.29, 1.82) is 0 Å². The molecule has 7 heteroatoms. The van der Waals surface area contributed by atoms with Gasteiger partial charge in [-0.05, 0) is 24.3 Å². The fourth-order valence-electron chi connectivity index (χ4n) is 1.57. The zero-order chi connectivity index (χ0) is 14.0. The molecule has 0 atom stereocenters. The number of nitrogens with zero attached hydrogens (tertiary/aromatic N) is 1. The van der Waals surface area contributed by atoms with E-state index in [-0.39, 0.29) is 16.3 Å². The standard InChI is InChI=1S/C12H10BrFN2O2S/c13-9-4-3-8(10(14)6-9)7-19(17,18)12-11(15)2-1-5-16-12/h1-6H,7,15H2. The van der Waals surface area contributed by atoms with Gasteiger partial charge in [0.05, 0.1) is 11.4 Å². The molecule has 0 fully saturated rings. The maximum atomic E-state index is 13.7. The molecule has 0 saturated carbocycles. The van der Waals surface area contributed by atoms with Gasteiger partial charge < -0.3 is 5.73 Å². The van der Waals surface area contributed by atoms with Crippen molar-refractivity contribution in [1.82, 2.24) is 4.98 Å². The van der Waals surface area contributed by atoms with E-state index in [1.165, 1.54) is 30.5 Å². The van der Waals surface area contributed by atoms with Gasteiger partial charge in [-0.2, -0.15) is 0 Å². The van der Waals surface area contributed by atoms with E-state index >= 15 is 0 Å². The van der Waals surface area contributed by atoms with Crippen molar-refractivity contribution in [2.75, 3.05) is 5.73 Å². The van der Waals surface area contributed by atoms with E-state index < -0.39 is 21.4 Å². The number of benzene rings is 1. The minimum Gasteiger partial charge on any atom is -0.396 e. The molecule has 1 heterocycles. The third kappa shape index (κ3) is 3.10. The summed E-state index contributed by atoms with van der Waals surface area (Å²) in [6, 6.07) is 7.19. The van der Waals surface area contributed by atoms with Crippen LogP contribution in [-0.2, 0) is 15.6 Å². The number of aromatic nitrogens is 1. The van der Waals surface area contributed by atoms with Gasteiger partial charge in [0.2, 0.25) is 9.84 Å². The van der Waals surface area contributed by atoms with Crippen LogP contribution in [0.3, 0.4) is 0 Å². The number of halogens is 2. The third-order valence-electron chi connectivity index (χ3n) is 2.46. The van der Waals surface area contributed by atoms with Gasteiger partial charge in [0.25, 0.3) is 0 Å². The Kier molecular flexibility index (Phi) is 3.86. The van der Waals surface area contributed by atoms with Gasteiger partial charge >= 0.3 is 0 Å². The van der Waals surface area contributed by atoms with Crippen LogP contribution < -0.4 is 5.73 Å². The molecule has 0 amide bonds. The van der Waals surface area contributed by atoms with Crippen LogP contribution in [0.15, 0.2) is 46.0 Å². The molecule has 0 spiro atoms. The Hall–Kier alpha value is -1.47. The van der Waals surface area contributed by atoms with E-state index in [2.05, 4.69) is 20.9 Å². The highest BCUT2D eigenvalue weighted by Gasteiger charge is 2.21. The molecule has 0 radical (unpaired) electrons. The van der Waals surface area contributed by atoms with Gasteiger partial charge in [0, 0.05) is 16.2 Å². The quantitative estimate of drug-likeness (QED) is 0.928. The summed E-state index contributed by atoms with van der Waals surface area (Å²) < 4.78 is 38.5. The molecule has 4 nitrogen and oxygen atoms in total. The second kappa shape index (κ2) is 5.26. The average molecular weight is 345 g/mol. The zero-order valence-electron chi connectivity index (χ0n) is 9.68. The average Bonchev–Trinajstić information content (AvgIpc) is 2.33. The number of anilines is 1. The third-order valence-corrected chi connectivity index (χ3v) is 4.57. The molecular weight excluding hydrogens is 335 g/mol. The van der Waals surface area contributed by atoms with Crippen molar-refractivity contribution < 1.29 is 12.8 Å². The SMILES string of the molecule is Nc1cccnc1S(=O)(=O)Cc1ccc(Br)cc1F. The normalized spacial score (nSPS) is 11.5. The molecule has 19 heavy (non-hydrogen) atoms. The summed E-state index contributed by atoms with van der Waals surface area (Å²) in [6.45, 7) is 0. The molecule has 1 aromatic heterocycles. The van der Waals surface area contributed by atoms with Crippen molar-refractivity contribution in [3.63, 3.8) is 0 Å². The van der Waals surface area contributed by atoms with Crippen LogP contribution in [0.4, 0.5) is 10.1 Å². The summed E-state index contributed by atoms with van der Waals surface area (Å²) in [5.41, 5.74) is 5.71. The number of sulfone groups is 1. The van der Waals surface area contributed by atoms with Gasteiger partial charge in [0.15, 0.2) is 5.03 Å². The Labute approximate surface area is 118 Å². The van der Waals surface area contributed by atoms with Gasteiger partial charge in [-0.1, -0.05) is 22.0 Å². The maximum absolute atomic E-state index is 13.7. The van der Waals surface area contributed by atoms with Crippen LogP contribution in [0, 0.1) is 5.82 Å². The number of hydrogen-bond donors (Lipinski definition) is 1. The van der Waals surface area contributed by atoms with E-state index in [9.17, 15) is 12.8 Å². The first kappa shape index (κ1) is 14.0. The maximum Gasteiger partial charge on any atom is 0.201 e. The Bertz CT molecular complexity index is 719. The molecule has 0 unspecified atom stereocenters. The summed E-state index contributed by atoms with van der Waals surface area (Å²) in [4.78, 5) is 3.75. The van der Waals surface area contributed by atoms with E-state index in [1.54, 1.807) is 6.07 Å². The zero-order valence-corrected chi connectivity index (χ0v) is 12.1. The highest BCUT2D eigenvalue weighted by molar-refractivity contribution is 9.10. The van der Waals surface area contributed by atoms with Crippen molar-refractivity contribution in [3.05, 3.63) is 52.4 Å². The number of nitrogens with two attached hydrogens (primary N) is 1. The first-order valence-electron chi connectivity index (χ1n) is 5.27. The lowest BCUT2D eigenvalue weighted by Crippen LogP contribution is -2.10. The fraction of sp³-hybridized carbons (Fsp3) is 0.0833. The summed E-state index contributed by atoms with van der Waals surface area (Å²) in [7, 11) is -3.77. The van der Waals surface area contributed by atoms with E-state index in [4.69, 9.17) is 5.73 Å². The van der Waals surface area contributed by atoms with Crippen molar-refractivity contribution >= 4 is 31.5 Å². The van der Waals surface area contributed by atoms with Crippen molar-refractivity contribution in [2.45, 2.75) is 10.8 Å². The van der Waals surface area contributed by atoms with Gasteiger partial charge in [-0.15, -0.1) is 0 Å². The molecular formula is C12H10BrFN2O2S. The molecule has 2 N–H and O–H groups in total. The molecule has 1 aromatic carbocycles. The predicted octanol–water partition coefficient (Wildman–Crippen LogP) is 2.54. The highest BCUT2D eigenvalue weighted by Crippen LogP contribution is 2.22. The number of pyridine rings is 1. The Morgan fingerprint density at radius 3 is 2.68 bits per heavy atom. The second-order valence-corrected chi connectivity index (χ2v) is 6.71. The van der Waals surface area contributed by atoms with Gasteiger partial charge in [0.1, 0.15) is 5.82 Å². The molecule has 100 valence electrons. The number of hydrogen-bond acceptors (Lipinski definition) is 4. The Morgan fingerprint density at radius 2 is 2.05 bits per heavy atom. The smallest absolute Gasteiger partial charge is 0.201 e. The van der Waals surface area contributed by atoms with E-state index in [0.717, 1.165) is 0 Å². The van der Waals surface area contributed by atoms with E-state index in [0.29, 0.717) is 4.47 Å². The second-order valence-electron chi connectivity index (χ2n) is 3.89. The summed E-state index contributed by atoms with van der Waals surface area (Å²) >= 11 is 3.11. The van der Waals surface area contributed by atoms with Crippen LogP contribution in [-0.4, -0.2) is 13.4 Å². The van der Waals surface area contributed by atoms with Crippen LogP contribution >= 0.6 is 15.9 Å². The number of nitrogen functional groups attached to an aromatic ring is 1. The van der Waals surface area contributed by atoms with Crippen LogP contribution in [0.5, 0.6) is 0 Å². The largest absolute Gasteiger partial charge is 0.396 e. The highest BCUT2D eigenvalue weighted by atomic mass is 79.9. The van der Waals surface area contributed by atoms with E-state index in [1.807, 2.05) is 0 Å². The lowest BCUT2D eigenvalue weighted by molar-refractivity contribution is 0.584. The molecule has 2 rings (SSSR count). The van der Waals surface area contributed by atoms with Crippen molar-refractivity contribution in [3.8, 4) is 0 Å². The molecule has 0 bridgehead atoms. The fourth-order valence-corrected chi connectivity index (χ4v) is 3.34. The minimum absolute atomic E-state index is 0.0556. The number of rotatable bonds is 3. The summed E-state index contributed by atoms with van der Waals surface area (Å²) in [5.74, 6) is -1.07. The lowest BCUT2D eigenvalue weighted by Gasteiger charge is -2.07. The minimum atomic E-state index is -3.77. The molecule has 0 aliphatic rings. The topological polar surface area (TPSA) is 73.0 Å². The molecule has 0 saturated heterocycles. The first-order valence-corrected chi connectivity index (χ1v) is 7.72. The Balaban J connectivity index is 2.40. The summed E-state index contributed by atoms with van der Waals surface area (Å²) in [5, 5.41) is -0.225. The van der Waals surface area contributed by atoms with Crippen molar-refractivity contribution in [2.24, 2.45) is 0 Å². The molecule has 0 aliphatic carbocycles. The summed E-state index contributed by atoms with van der Waals surface area (Å²) in [6.07, 6.45) is 1.33. The molecule has 2 aromatic rings. The first-order chi connectivity index (χ1) is 8.90. The Morgan fingerprint density at radius 1 is 1.32 bits per heavy atom.